The van der Waals surface area contributed by atoms with E-state index in [1.807, 2.05) is 12.1 Å². The van der Waals surface area contributed by atoms with Crippen molar-refractivity contribution in [2.45, 2.75) is 0 Å². The van der Waals surface area contributed by atoms with E-state index in [4.69, 9.17) is 4.74 Å². The Kier molecular flexibility index (Phi) is 4.73. The van der Waals surface area contributed by atoms with E-state index in [0.29, 0.717) is 10.6 Å². The Labute approximate surface area is 146 Å². The van der Waals surface area contributed by atoms with Gasteiger partial charge in [0.25, 0.3) is 0 Å². The minimum Gasteiger partial charge on any atom is -0.496 e. The maximum atomic E-state index is 14.3. The second-order valence-corrected chi connectivity index (χ2v) is 8.17. The van der Waals surface area contributed by atoms with Crippen LogP contribution in [0.5, 0.6) is 5.75 Å². The number of hydrogen-bond acceptors (Lipinski definition) is 3. The average Bonchev–Trinajstić information content (AvgIpc) is 2.68. The van der Waals surface area contributed by atoms with Crippen molar-refractivity contribution in [1.82, 2.24) is 0 Å². The molecule has 0 aliphatic heterocycles. The first-order valence-electron chi connectivity index (χ1n) is 7.71. The lowest BCUT2D eigenvalue weighted by atomic mass is 10.2. The Morgan fingerprint density at radius 3 is 1.80 bits per heavy atom. The van der Waals surface area contributed by atoms with E-state index >= 15 is 0 Å². The highest BCUT2D eigenvalue weighted by Crippen LogP contribution is 2.44. The second kappa shape index (κ2) is 6.96. The Bertz CT molecular complexity index is 893. The van der Waals surface area contributed by atoms with Crippen molar-refractivity contribution >= 4 is 29.0 Å². The normalized spacial score (nSPS) is 11.1. The number of carboxylic acids is 1. The van der Waals surface area contributed by atoms with E-state index in [1.54, 1.807) is 66.7 Å². The molecule has 5 heteroatoms. The van der Waals surface area contributed by atoms with E-state index in [1.165, 1.54) is 7.11 Å². The molecule has 3 aromatic carbocycles. The number of carbonyl (C=O) groups is 1. The summed E-state index contributed by atoms with van der Waals surface area (Å²) in [5.41, 5.74) is -0.0685. The van der Waals surface area contributed by atoms with Gasteiger partial charge in [0.2, 0.25) is 0 Å². The Balaban J connectivity index is 2.40. The maximum Gasteiger partial charge on any atom is 0.340 e. The molecule has 0 fully saturated rings. The molecular formula is C20H17O4P. The first-order chi connectivity index (χ1) is 12.1. The Hall–Kier alpha value is -2.84. The maximum absolute atomic E-state index is 14.3. The van der Waals surface area contributed by atoms with Gasteiger partial charge in [0.05, 0.1) is 7.11 Å². The third kappa shape index (κ3) is 2.97. The van der Waals surface area contributed by atoms with Crippen LogP contribution >= 0.6 is 7.14 Å². The molecule has 0 spiro atoms. The summed E-state index contributed by atoms with van der Waals surface area (Å²) in [6.45, 7) is 0. The molecule has 0 atom stereocenters. The summed E-state index contributed by atoms with van der Waals surface area (Å²) < 4.78 is 19.5. The standard InChI is InChI=1S/C20H17O4P/c1-24-17-13-8-14-18(19(17)20(21)22)25(23,15-9-4-2-5-10-15)16-11-6-3-7-12-16/h2-14H,1H3,(H,21,22). The lowest BCUT2D eigenvalue weighted by Crippen LogP contribution is -2.29. The van der Waals surface area contributed by atoms with Crippen LogP contribution in [0, 0.1) is 0 Å². The van der Waals surface area contributed by atoms with Crippen molar-refractivity contribution in [3.05, 3.63) is 84.4 Å². The van der Waals surface area contributed by atoms with Crippen LogP contribution in [0.3, 0.4) is 0 Å². The van der Waals surface area contributed by atoms with Crippen LogP contribution in [-0.4, -0.2) is 18.2 Å². The van der Waals surface area contributed by atoms with Gasteiger partial charge < -0.3 is 14.4 Å². The molecule has 25 heavy (non-hydrogen) atoms. The third-order valence-electron chi connectivity index (χ3n) is 4.02. The summed E-state index contributed by atoms with van der Waals surface area (Å²) in [5.74, 6) is -0.975. The largest absolute Gasteiger partial charge is 0.496 e. The number of hydrogen-bond donors (Lipinski definition) is 1. The summed E-state index contributed by atoms with van der Waals surface area (Å²) in [5, 5.41) is 11.2. The van der Waals surface area contributed by atoms with Gasteiger partial charge in [-0.25, -0.2) is 4.79 Å². The SMILES string of the molecule is COc1cccc(P(=O)(c2ccccc2)c2ccccc2)c1C(=O)O. The summed E-state index contributed by atoms with van der Waals surface area (Å²) in [6, 6.07) is 22.7. The van der Waals surface area contributed by atoms with Crippen LogP contribution in [0.25, 0.3) is 0 Å². The van der Waals surface area contributed by atoms with E-state index in [-0.39, 0.29) is 16.6 Å². The predicted molar refractivity (Wildman–Crippen MR) is 99.3 cm³/mol. The number of aromatic carboxylic acids is 1. The van der Waals surface area contributed by atoms with E-state index in [0.717, 1.165) is 0 Å². The molecule has 126 valence electrons. The first-order valence-corrected chi connectivity index (χ1v) is 9.42. The van der Waals surface area contributed by atoms with Crippen LogP contribution in [0.1, 0.15) is 10.4 Å². The zero-order valence-corrected chi connectivity index (χ0v) is 14.5. The molecule has 1 N–H and O–H groups in total. The van der Waals surface area contributed by atoms with Crippen molar-refractivity contribution in [2.75, 3.05) is 7.11 Å². The van der Waals surface area contributed by atoms with Crippen molar-refractivity contribution in [3.8, 4) is 5.75 Å². The van der Waals surface area contributed by atoms with Gasteiger partial charge in [-0.2, -0.15) is 0 Å². The zero-order valence-electron chi connectivity index (χ0n) is 13.6. The smallest absolute Gasteiger partial charge is 0.340 e. The summed E-state index contributed by atoms with van der Waals surface area (Å²) >= 11 is 0. The molecule has 0 amide bonds. The van der Waals surface area contributed by atoms with Gasteiger partial charge in [-0.15, -0.1) is 0 Å². The van der Waals surface area contributed by atoms with Crippen LogP contribution in [0.15, 0.2) is 78.9 Å². The minimum absolute atomic E-state index is 0.0685. The Morgan fingerprint density at radius 1 is 0.840 bits per heavy atom. The quantitative estimate of drug-likeness (QED) is 0.717. The monoisotopic (exact) mass is 352 g/mol. The number of carboxylic acid groups (broad SMARTS) is 1. The number of methoxy groups -OCH3 is 1. The molecule has 0 saturated carbocycles. The fourth-order valence-electron chi connectivity index (χ4n) is 2.87. The lowest BCUT2D eigenvalue weighted by molar-refractivity contribution is 0.0695. The zero-order chi connectivity index (χ0) is 17.9. The summed E-state index contributed by atoms with van der Waals surface area (Å²) in [4.78, 5) is 11.9. The first kappa shape index (κ1) is 17.0. The van der Waals surface area contributed by atoms with Crippen molar-refractivity contribution in [2.24, 2.45) is 0 Å². The molecule has 0 radical (unpaired) electrons. The summed E-state index contributed by atoms with van der Waals surface area (Å²) in [6.07, 6.45) is 0. The van der Waals surface area contributed by atoms with Gasteiger partial charge in [0, 0.05) is 15.9 Å². The number of rotatable bonds is 5. The minimum atomic E-state index is -3.37. The highest BCUT2D eigenvalue weighted by molar-refractivity contribution is 7.85. The van der Waals surface area contributed by atoms with Crippen molar-refractivity contribution in [3.63, 3.8) is 0 Å². The van der Waals surface area contributed by atoms with Crippen LogP contribution in [0.2, 0.25) is 0 Å². The number of ether oxygens (including phenoxy) is 1. The topological polar surface area (TPSA) is 63.6 Å². The van der Waals surface area contributed by atoms with E-state index in [9.17, 15) is 14.5 Å². The van der Waals surface area contributed by atoms with Crippen LogP contribution in [0.4, 0.5) is 0 Å². The fourth-order valence-corrected chi connectivity index (χ4v) is 5.73. The molecule has 3 aromatic rings. The molecule has 4 nitrogen and oxygen atoms in total. The third-order valence-corrected chi connectivity index (χ3v) is 7.12. The predicted octanol–water partition coefficient (Wildman–Crippen LogP) is 3.03. The molecule has 0 saturated heterocycles. The van der Waals surface area contributed by atoms with E-state index in [2.05, 4.69) is 0 Å². The van der Waals surface area contributed by atoms with Gasteiger partial charge >= 0.3 is 5.97 Å². The molecular weight excluding hydrogens is 335 g/mol. The van der Waals surface area contributed by atoms with E-state index < -0.39 is 13.1 Å². The van der Waals surface area contributed by atoms with Crippen molar-refractivity contribution < 1.29 is 19.2 Å². The fraction of sp³-hybridized carbons (Fsp3) is 0.0500. The lowest BCUT2D eigenvalue weighted by Gasteiger charge is -2.22. The molecule has 0 bridgehead atoms. The van der Waals surface area contributed by atoms with Gasteiger partial charge in [0.15, 0.2) is 7.14 Å². The molecule has 0 aromatic heterocycles. The van der Waals surface area contributed by atoms with Crippen molar-refractivity contribution in [1.29, 1.82) is 0 Å². The van der Waals surface area contributed by atoms with Crippen LogP contribution in [-0.2, 0) is 4.57 Å². The van der Waals surface area contributed by atoms with Gasteiger partial charge in [-0.3, -0.25) is 0 Å². The average molecular weight is 352 g/mol. The van der Waals surface area contributed by atoms with Gasteiger partial charge in [-0.05, 0) is 12.1 Å². The second-order valence-electron chi connectivity index (χ2n) is 5.44. The van der Waals surface area contributed by atoms with Crippen LogP contribution < -0.4 is 20.7 Å². The molecule has 0 aliphatic carbocycles. The highest BCUT2D eigenvalue weighted by Gasteiger charge is 2.35. The molecule has 3 rings (SSSR count). The van der Waals surface area contributed by atoms with Gasteiger partial charge in [0.1, 0.15) is 11.3 Å². The number of benzene rings is 3. The highest BCUT2D eigenvalue weighted by atomic mass is 31.2. The molecule has 0 heterocycles. The molecule has 0 unspecified atom stereocenters. The van der Waals surface area contributed by atoms with Gasteiger partial charge in [-0.1, -0.05) is 66.7 Å². The summed E-state index contributed by atoms with van der Waals surface area (Å²) in [7, 11) is -1.96. The Morgan fingerprint density at radius 2 is 1.36 bits per heavy atom. The molecule has 0 aliphatic rings.